The van der Waals surface area contributed by atoms with Crippen molar-refractivity contribution in [3.8, 4) is 6.07 Å². The fraction of sp³-hybridized carbons (Fsp3) is 0.158. The molecule has 0 amide bonds. The van der Waals surface area contributed by atoms with E-state index < -0.39 is 0 Å². The van der Waals surface area contributed by atoms with Gasteiger partial charge in [0.05, 0.1) is 16.6 Å². The molecule has 3 aromatic rings. The Labute approximate surface area is 130 Å². The molecule has 3 heteroatoms. The van der Waals surface area contributed by atoms with Crippen molar-refractivity contribution in [2.45, 2.75) is 20.4 Å². The maximum Gasteiger partial charge on any atom is 0.151 e. The van der Waals surface area contributed by atoms with Crippen LogP contribution in [-0.2, 0) is 6.54 Å². The van der Waals surface area contributed by atoms with E-state index in [2.05, 4.69) is 28.6 Å². The van der Waals surface area contributed by atoms with Gasteiger partial charge in [0.25, 0.3) is 0 Å². The molecule has 0 saturated carbocycles. The summed E-state index contributed by atoms with van der Waals surface area (Å²) in [6.07, 6.45) is 1.90. The number of benzene rings is 2. The summed E-state index contributed by atoms with van der Waals surface area (Å²) >= 11 is 0. The van der Waals surface area contributed by atoms with Gasteiger partial charge in [0, 0.05) is 6.54 Å². The number of rotatable bonds is 3. The lowest BCUT2D eigenvalue weighted by atomic mass is 10.1. The molecule has 0 aliphatic heterocycles. The number of para-hydroxylation sites is 2. The van der Waals surface area contributed by atoms with Gasteiger partial charge >= 0.3 is 0 Å². The first-order valence-electron chi connectivity index (χ1n) is 7.37. The number of fused-ring (bicyclic) bond motifs is 1. The Kier molecular flexibility index (Phi) is 3.76. The summed E-state index contributed by atoms with van der Waals surface area (Å²) in [5, 5.41) is 9.58. The molecule has 3 nitrogen and oxygen atoms in total. The average Bonchev–Trinajstić information content (AvgIpc) is 2.91. The third-order valence-corrected chi connectivity index (χ3v) is 3.69. The molecule has 0 aliphatic carbocycles. The van der Waals surface area contributed by atoms with Gasteiger partial charge in [-0.3, -0.25) is 0 Å². The van der Waals surface area contributed by atoms with Crippen LogP contribution in [0.1, 0.15) is 23.9 Å². The minimum atomic E-state index is 0.587. The van der Waals surface area contributed by atoms with Crippen molar-refractivity contribution in [1.82, 2.24) is 9.55 Å². The van der Waals surface area contributed by atoms with Gasteiger partial charge in [0.15, 0.2) is 5.82 Å². The van der Waals surface area contributed by atoms with E-state index in [1.807, 2.05) is 55.5 Å². The molecule has 0 aliphatic rings. The molecule has 0 spiro atoms. The maximum absolute atomic E-state index is 9.58. The van der Waals surface area contributed by atoms with Crippen molar-refractivity contribution in [2.24, 2.45) is 0 Å². The van der Waals surface area contributed by atoms with Crippen molar-refractivity contribution in [2.75, 3.05) is 0 Å². The fourth-order valence-corrected chi connectivity index (χ4v) is 2.67. The zero-order chi connectivity index (χ0) is 15.5. The Bertz CT molecular complexity index is 894. The van der Waals surface area contributed by atoms with Crippen LogP contribution in [0.15, 0.2) is 48.5 Å². The van der Waals surface area contributed by atoms with Crippen LogP contribution in [0.5, 0.6) is 0 Å². The van der Waals surface area contributed by atoms with Gasteiger partial charge in [0.2, 0.25) is 0 Å². The third-order valence-electron chi connectivity index (χ3n) is 3.69. The zero-order valence-electron chi connectivity index (χ0n) is 12.7. The summed E-state index contributed by atoms with van der Waals surface area (Å²) in [6, 6.07) is 18.4. The average molecular weight is 287 g/mol. The zero-order valence-corrected chi connectivity index (χ0v) is 12.7. The van der Waals surface area contributed by atoms with E-state index in [1.54, 1.807) is 0 Å². The SMILES string of the molecule is CCn1c(/C(C#N)=C\c2cccc(C)c2)nc2ccccc21. The number of hydrogen-bond donors (Lipinski definition) is 0. The number of imidazole rings is 1. The summed E-state index contributed by atoms with van der Waals surface area (Å²) in [5.74, 6) is 0.729. The fourth-order valence-electron chi connectivity index (χ4n) is 2.67. The topological polar surface area (TPSA) is 41.6 Å². The standard InChI is InChI=1S/C19H17N3/c1-3-22-18-10-5-4-9-17(18)21-19(22)16(13-20)12-15-8-6-7-14(2)11-15/h4-12H,3H2,1-2H3/b16-12-. The number of allylic oxidation sites excluding steroid dienone is 1. The van der Waals surface area contributed by atoms with E-state index in [0.717, 1.165) is 29.0 Å². The van der Waals surface area contributed by atoms with Gasteiger partial charge in [0.1, 0.15) is 6.07 Å². The molecule has 1 aromatic heterocycles. The summed E-state index contributed by atoms with van der Waals surface area (Å²) in [7, 11) is 0. The smallest absolute Gasteiger partial charge is 0.151 e. The lowest BCUT2D eigenvalue weighted by molar-refractivity contribution is 0.775. The van der Waals surface area contributed by atoms with Gasteiger partial charge < -0.3 is 4.57 Å². The number of hydrogen-bond acceptors (Lipinski definition) is 2. The van der Waals surface area contributed by atoms with Gasteiger partial charge in [-0.25, -0.2) is 4.98 Å². The Morgan fingerprint density at radius 3 is 2.77 bits per heavy atom. The van der Waals surface area contributed by atoms with Crippen LogP contribution in [-0.4, -0.2) is 9.55 Å². The van der Waals surface area contributed by atoms with Crippen molar-refractivity contribution < 1.29 is 0 Å². The second-order valence-corrected chi connectivity index (χ2v) is 5.25. The molecule has 108 valence electrons. The van der Waals surface area contributed by atoms with Crippen LogP contribution in [0.25, 0.3) is 22.7 Å². The van der Waals surface area contributed by atoms with Gasteiger partial charge in [-0.1, -0.05) is 42.0 Å². The predicted molar refractivity (Wildman–Crippen MR) is 90.1 cm³/mol. The number of nitrogens with zero attached hydrogens (tertiary/aromatic N) is 3. The first-order chi connectivity index (χ1) is 10.7. The monoisotopic (exact) mass is 287 g/mol. The predicted octanol–water partition coefficient (Wildman–Crippen LogP) is 4.43. The molecule has 0 saturated heterocycles. The normalized spacial score (nSPS) is 11.6. The first kappa shape index (κ1) is 14.1. The second kappa shape index (κ2) is 5.87. The van der Waals surface area contributed by atoms with E-state index in [1.165, 1.54) is 5.56 Å². The van der Waals surface area contributed by atoms with Crippen molar-refractivity contribution in [3.63, 3.8) is 0 Å². The first-order valence-corrected chi connectivity index (χ1v) is 7.37. The van der Waals surface area contributed by atoms with Crippen LogP contribution in [0.4, 0.5) is 0 Å². The highest BCUT2D eigenvalue weighted by atomic mass is 15.1. The molecule has 0 atom stereocenters. The number of aromatic nitrogens is 2. The van der Waals surface area contributed by atoms with Crippen LogP contribution < -0.4 is 0 Å². The molecule has 0 radical (unpaired) electrons. The maximum atomic E-state index is 9.58. The van der Waals surface area contributed by atoms with Crippen LogP contribution in [0.2, 0.25) is 0 Å². The molecule has 22 heavy (non-hydrogen) atoms. The summed E-state index contributed by atoms with van der Waals surface area (Å²) < 4.78 is 2.08. The largest absolute Gasteiger partial charge is 0.324 e. The lowest BCUT2D eigenvalue weighted by Gasteiger charge is -2.05. The molecule has 0 fully saturated rings. The van der Waals surface area contributed by atoms with Crippen LogP contribution in [0.3, 0.4) is 0 Å². The minimum Gasteiger partial charge on any atom is -0.324 e. The van der Waals surface area contributed by atoms with Gasteiger partial charge in [-0.05, 0) is 37.6 Å². The van der Waals surface area contributed by atoms with Crippen LogP contribution in [0, 0.1) is 18.3 Å². The summed E-state index contributed by atoms with van der Waals surface area (Å²) in [4.78, 5) is 4.65. The highest BCUT2D eigenvalue weighted by Crippen LogP contribution is 2.23. The quantitative estimate of drug-likeness (QED) is 0.669. The number of aryl methyl sites for hydroxylation is 2. The van der Waals surface area contributed by atoms with E-state index in [0.29, 0.717) is 5.57 Å². The molecule has 0 bridgehead atoms. The molecule has 0 unspecified atom stereocenters. The van der Waals surface area contributed by atoms with Gasteiger partial charge in [-0.15, -0.1) is 0 Å². The minimum absolute atomic E-state index is 0.587. The van der Waals surface area contributed by atoms with E-state index in [-0.39, 0.29) is 0 Å². The third kappa shape index (κ3) is 2.51. The molecular formula is C19H17N3. The molecule has 0 N–H and O–H groups in total. The Hall–Kier alpha value is -2.86. The van der Waals surface area contributed by atoms with Crippen molar-refractivity contribution in [3.05, 3.63) is 65.5 Å². The Morgan fingerprint density at radius 1 is 1.23 bits per heavy atom. The van der Waals surface area contributed by atoms with Crippen LogP contribution >= 0.6 is 0 Å². The van der Waals surface area contributed by atoms with Gasteiger partial charge in [-0.2, -0.15) is 5.26 Å². The molecule has 1 heterocycles. The lowest BCUT2D eigenvalue weighted by Crippen LogP contribution is -2.00. The second-order valence-electron chi connectivity index (χ2n) is 5.25. The highest BCUT2D eigenvalue weighted by molar-refractivity contribution is 5.90. The highest BCUT2D eigenvalue weighted by Gasteiger charge is 2.13. The summed E-state index contributed by atoms with van der Waals surface area (Å²) in [6.45, 7) is 4.90. The number of nitriles is 1. The van der Waals surface area contributed by atoms with E-state index in [9.17, 15) is 5.26 Å². The van der Waals surface area contributed by atoms with Crippen molar-refractivity contribution >= 4 is 22.7 Å². The molecule has 3 rings (SSSR count). The summed E-state index contributed by atoms with van der Waals surface area (Å²) in [5.41, 5.74) is 4.76. The Balaban J connectivity index is 2.17. The molecule has 2 aromatic carbocycles. The Morgan fingerprint density at radius 2 is 2.05 bits per heavy atom. The van der Waals surface area contributed by atoms with E-state index >= 15 is 0 Å². The van der Waals surface area contributed by atoms with E-state index in [4.69, 9.17) is 0 Å². The molecular weight excluding hydrogens is 270 g/mol. The van der Waals surface area contributed by atoms with Crippen molar-refractivity contribution in [1.29, 1.82) is 5.26 Å².